The molecule has 2 aliphatic heterocycles. The molecule has 0 aliphatic carbocycles. The average molecular weight is 511 g/mol. The average Bonchev–Trinajstić information content (AvgIpc) is 3.39. The first-order valence-electron chi connectivity index (χ1n) is 14.4. The third-order valence-corrected chi connectivity index (χ3v) is 8.77. The topological polar surface area (TPSA) is 32.8 Å². The van der Waals surface area contributed by atoms with Crippen molar-refractivity contribution in [3.8, 4) is 5.75 Å². The van der Waals surface area contributed by atoms with Crippen LogP contribution in [0.4, 0.5) is 0 Å². The Morgan fingerprint density at radius 3 is 2.24 bits per heavy atom. The van der Waals surface area contributed by atoms with Gasteiger partial charge in [0.05, 0.1) is 13.0 Å². The summed E-state index contributed by atoms with van der Waals surface area (Å²) in [4.78, 5) is 18.6. The van der Waals surface area contributed by atoms with E-state index in [-0.39, 0.29) is 17.7 Å². The molecule has 0 radical (unpaired) electrons. The van der Waals surface area contributed by atoms with Gasteiger partial charge in [0, 0.05) is 25.6 Å². The highest BCUT2D eigenvalue weighted by atomic mass is 16.5. The molecule has 2 fully saturated rings. The summed E-state index contributed by atoms with van der Waals surface area (Å²) in [5.74, 6) is 2.56. The Kier molecular flexibility index (Phi) is 8.80. The molecule has 38 heavy (non-hydrogen) atoms. The Bertz CT molecular complexity index is 1160. The van der Waals surface area contributed by atoms with Crippen LogP contribution in [0.3, 0.4) is 0 Å². The van der Waals surface area contributed by atoms with Crippen LogP contribution < -0.4 is 4.74 Å². The van der Waals surface area contributed by atoms with E-state index < -0.39 is 0 Å². The number of nitrogens with zero attached hydrogens (tertiary/aromatic N) is 2. The molecule has 0 unspecified atom stereocenters. The Balaban J connectivity index is 1.29. The van der Waals surface area contributed by atoms with E-state index in [4.69, 9.17) is 4.74 Å². The van der Waals surface area contributed by atoms with Crippen molar-refractivity contribution in [1.29, 1.82) is 0 Å². The zero-order chi connectivity index (χ0) is 26.3. The zero-order valence-electron chi connectivity index (χ0n) is 23.0. The molecule has 2 aliphatic rings. The van der Waals surface area contributed by atoms with Gasteiger partial charge in [0.15, 0.2) is 0 Å². The quantitative estimate of drug-likeness (QED) is 0.335. The molecule has 0 spiro atoms. The van der Waals surface area contributed by atoms with Gasteiger partial charge in [-0.1, -0.05) is 85.8 Å². The van der Waals surface area contributed by atoms with Crippen molar-refractivity contribution < 1.29 is 9.53 Å². The minimum Gasteiger partial charge on any atom is -0.496 e. The summed E-state index contributed by atoms with van der Waals surface area (Å²) >= 11 is 0. The Labute approximate surface area is 228 Å². The maximum atomic E-state index is 13.8. The number of carbonyl (C=O) groups excluding carboxylic acids is 1. The van der Waals surface area contributed by atoms with Gasteiger partial charge in [0.2, 0.25) is 5.91 Å². The molecule has 0 saturated carbocycles. The van der Waals surface area contributed by atoms with Gasteiger partial charge >= 0.3 is 0 Å². The van der Waals surface area contributed by atoms with Gasteiger partial charge in [-0.15, -0.1) is 0 Å². The second-order valence-electron chi connectivity index (χ2n) is 11.2. The summed E-state index contributed by atoms with van der Waals surface area (Å²) in [6.45, 7) is 7.02. The van der Waals surface area contributed by atoms with E-state index in [2.05, 4.69) is 77.4 Å². The largest absolute Gasteiger partial charge is 0.496 e. The number of para-hydroxylation sites is 1. The maximum Gasteiger partial charge on any atom is 0.230 e. The molecule has 3 aromatic rings. The highest BCUT2D eigenvalue weighted by Crippen LogP contribution is 2.40. The molecule has 3 atom stereocenters. The summed E-state index contributed by atoms with van der Waals surface area (Å²) in [7, 11) is 1.76. The first-order chi connectivity index (χ1) is 18.7. The number of hydrogen-bond donors (Lipinski definition) is 0. The number of rotatable bonds is 9. The SMILES string of the molecule is CC[C@H](C(=O)N1C[C@@H](CN2CCC(Cc3ccccc3)CC2)[C@@H](c2ccccc2OC)C1)c1ccccc1. The number of carbonyl (C=O) groups is 1. The van der Waals surface area contributed by atoms with E-state index in [1.165, 1.54) is 30.4 Å². The van der Waals surface area contributed by atoms with Gasteiger partial charge in [0.25, 0.3) is 0 Å². The third kappa shape index (κ3) is 6.13. The molecule has 4 nitrogen and oxygen atoms in total. The predicted molar refractivity (Wildman–Crippen MR) is 155 cm³/mol. The van der Waals surface area contributed by atoms with Crippen LogP contribution in [-0.2, 0) is 11.2 Å². The van der Waals surface area contributed by atoms with Crippen molar-refractivity contribution in [2.24, 2.45) is 11.8 Å². The van der Waals surface area contributed by atoms with Crippen molar-refractivity contribution in [3.63, 3.8) is 0 Å². The lowest BCUT2D eigenvalue weighted by atomic mass is 9.86. The minimum atomic E-state index is -0.0815. The number of ether oxygens (including phenoxy) is 1. The number of amides is 1. The first-order valence-corrected chi connectivity index (χ1v) is 14.4. The fourth-order valence-electron chi connectivity index (χ4n) is 6.67. The molecule has 4 heteroatoms. The molecule has 1 amide bonds. The lowest BCUT2D eigenvalue weighted by Gasteiger charge is -2.35. The first kappa shape index (κ1) is 26.5. The predicted octanol–water partition coefficient (Wildman–Crippen LogP) is 6.39. The second-order valence-corrected chi connectivity index (χ2v) is 11.2. The van der Waals surface area contributed by atoms with Crippen LogP contribution in [0.2, 0.25) is 0 Å². The molecule has 2 saturated heterocycles. The molecule has 200 valence electrons. The zero-order valence-corrected chi connectivity index (χ0v) is 23.0. The number of benzene rings is 3. The van der Waals surface area contributed by atoms with Crippen LogP contribution in [0, 0.1) is 11.8 Å². The van der Waals surface area contributed by atoms with Gasteiger partial charge in [-0.2, -0.15) is 0 Å². The van der Waals surface area contributed by atoms with Gasteiger partial charge in [-0.3, -0.25) is 4.79 Å². The van der Waals surface area contributed by atoms with Crippen LogP contribution in [0.5, 0.6) is 5.75 Å². The van der Waals surface area contributed by atoms with Crippen molar-refractivity contribution in [1.82, 2.24) is 9.80 Å². The molecule has 2 heterocycles. The van der Waals surface area contributed by atoms with Crippen LogP contribution >= 0.6 is 0 Å². The minimum absolute atomic E-state index is 0.0815. The fraction of sp³-hybridized carbons (Fsp3) is 0.441. The fourth-order valence-corrected chi connectivity index (χ4v) is 6.67. The van der Waals surface area contributed by atoms with Crippen LogP contribution in [0.1, 0.15) is 54.7 Å². The Morgan fingerprint density at radius 2 is 1.55 bits per heavy atom. The summed E-state index contributed by atoms with van der Waals surface area (Å²) in [6, 6.07) is 29.6. The van der Waals surface area contributed by atoms with Crippen molar-refractivity contribution in [3.05, 3.63) is 102 Å². The van der Waals surface area contributed by atoms with Crippen LogP contribution in [0.15, 0.2) is 84.9 Å². The third-order valence-electron chi connectivity index (χ3n) is 8.77. The van der Waals surface area contributed by atoms with E-state index in [0.29, 0.717) is 5.92 Å². The highest BCUT2D eigenvalue weighted by Gasteiger charge is 2.40. The lowest BCUT2D eigenvalue weighted by molar-refractivity contribution is -0.132. The molecule has 3 aromatic carbocycles. The van der Waals surface area contributed by atoms with Crippen molar-refractivity contribution in [2.45, 2.75) is 44.4 Å². The summed E-state index contributed by atoms with van der Waals surface area (Å²) < 4.78 is 5.78. The van der Waals surface area contributed by atoms with E-state index in [0.717, 1.165) is 56.4 Å². The van der Waals surface area contributed by atoms with E-state index in [1.54, 1.807) is 7.11 Å². The number of hydrogen-bond acceptors (Lipinski definition) is 3. The molecule has 5 rings (SSSR count). The van der Waals surface area contributed by atoms with E-state index in [1.807, 2.05) is 24.3 Å². The van der Waals surface area contributed by atoms with Gasteiger partial charge in [0.1, 0.15) is 5.75 Å². The summed E-state index contributed by atoms with van der Waals surface area (Å²) in [5.41, 5.74) is 3.82. The molecule has 0 bridgehead atoms. The van der Waals surface area contributed by atoms with E-state index in [9.17, 15) is 4.79 Å². The van der Waals surface area contributed by atoms with E-state index >= 15 is 0 Å². The van der Waals surface area contributed by atoms with Crippen LogP contribution in [-0.4, -0.2) is 55.5 Å². The Morgan fingerprint density at radius 1 is 0.895 bits per heavy atom. The molecular formula is C34H42N2O2. The summed E-state index contributed by atoms with van der Waals surface area (Å²) in [5, 5.41) is 0. The molecule has 0 aromatic heterocycles. The van der Waals surface area contributed by atoms with Gasteiger partial charge in [-0.25, -0.2) is 0 Å². The molecule has 0 N–H and O–H groups in total. The Hall–Kier alpha value is -3.11. The molecular weight excluding hydrogens is 468 g/mol. The standard InChI is InChI=1S/C34H42N2O2/c1-3-30(28-14-8-5-9-15-28)34(37)36-24-29(32(25-36)31-16-10-11-17-33(31)38-2)23-35-20-18-27(19-21-35)22-26-12-6-4-7-13-26/h4-17,27,29-30,32H,3,18-25H2,1-2H3/t29-,30+,32+/m1/s1. The van der Waals surface area contributed by atoms with Gasteiger partial charge < -0.3 is 14.5 Å². The van der Waals surface area contributed by atoms with Crippen molar-refractivity contribution >= 4 is 5.91 Å². The second kappa shape index (κ2) is 12.6. The smallest absolute Gasteiger partial charge is 0.230 e. The number of piperidine rings is 1. The lowest BCUT2D eigenvalue weighted by Crippen LogP contribution is -2.39. The number of likely N-dealkylation sites (tertiary alicyclic amines) is 2. The summed E-state index contributed by atoms with van der Waals surface area (Å²) in [6.07, 6.45) is 4.49. The monoisotopic (exact) mass is 510 g/mol. The number of methoxy groups -OCH3 is 1. The van der Waals surface area contributed by atoms with Gasteiger partial charge in [-0.05, 0) is 73.4 Å². The van der Waals surface area contributed by atoms with Crippen molar-refractivity contribution in [2.75, 3.05) is 39.8 Å². The van der Waals surface area contributed by atoms with Crippen LogP contribution in [0.25, 0.3) is 0 Å². The highest BCUT2D eigenvalue weighted by molar-refractivity contribution is 5.84. The maximum absolute atomic E-state index is 13.8. The normalized spacial score (nSPS) is 21.4.